The van der Waals surface area contributed by atoms with Gasteiger partial charge in [0.15, 0.2) is 0 Å². The van der Waals surface area contributed by atoms with Crippen LogP contribution in [0.4, 0.5) is 0 Å². The fraction of sp³-hybridized carbons (Fsp3) is 1.00. The largest absolute Gasteiger partial charge is 1.00 e. The van der Waals surface area contributed by atoms with Crippen LogP contribution in [0.25, 0.3) is 0 Å². The van der Waals surface area contributed by atoms with E-state index in [0.717, 1.165) is 43.8 Å². The Morgan fingerprint density at radius 1 is 1.31 bits per heavy atom. The Hall–Kier alpha value is 0.460. The Labute approximate surface area is 93.0 Å². The lowest BCUT2D eigenvalue weighted by atomic mass is 10.3. The quantitative estimate of drug-likeness (QED) is 0.534. The highest BCUT2D eigenvalue weighted by atomic mass is 35.5. The maximum atomic E-state index is 5.46. The highest BCUT2D eigenvalue weighted by molar-refractivity contribution is 5.85. The molecule has 5 heteroatoms. The van der Waals surface area contributed by atoms with E-state index < -0.39 is 0 Å². The molecule has 0 radical (unpaired) electrons. The summed E-state index contributed by atoms with van der Waals surface area (Å²) in [6.07, 6.45) is 1.14. The van der Waals surface area contributed by atoms with Crippen LogP contribution in [0.3, 0.4) is 0 Å². The summed E-state index contributed by atoms with van der Waals surface area (Å²) in [6.45, 7) is 6.16. The van der Waals surface area contributed by atoms with E-state index in [1.54, 1.807) is 0 Å². The topological polar surface area (TPSA) is 35.2 Å². The number of rotatable bonds is 3. The summed E-state index contributed by atoms with van der Waals surface area (Å²) < 4.78 is 6.45. The zero-order valence-corrected chi connectivity index (χ0v) is 9.74. The van der Waals surface area contributed by atoms with Gasteiger partial charge >= 0.3 is 0 Å². The summed E-state index contributed by atoms with van der Waals surface area (Å²) in [7, 11) is 2.29. The molecular formula is C8H20Cl2N2O. The molecule has 0 spiro atoms. The summed E-state index contributed by atoms with van der Waals surface area (Å²) in [4.78, 5) is 0. The predicted octanol–water partition coefficient (Wildman–Crippen LogP) is -2.76. The van der Waals surface area contributed by atoms with Crippen molar-refractivity contribution in [3.8, 4) is 0 Å². The molecule has 0 amide bonds. The molecule has 0 aromatic heterocycles. The number of nitrogens with two attached hydrogens (primary N) is 1. The van der Waals surface area contributed by atoms with Crippen molar-refractivity contribution in [2.24, 2.45) is 5.73 Å². The van der Waals surface area contributed by atoms with Crippen molar-refractivity contribution >= 4 is 12.4 Å². The molecule has 0 atom stereocenters. The van der Waals surface area contributed by atoms with Crippen LogP contribution in [-0.2, 0) is 4.74 Å². The average Bonchev–Trinajstić information content (AvgIpc) is 2.03. The molecule has 0 aliphatic carbocycles. The molecule has 0 unspecified atom stereocenters. The summed E-state index contributed by atoms with van der Waals surface area (Å²) in [5.41, 5.74) is 5.46. The normalized spacial score (nSPS) is 19.8. The Bertz CT molecular complexity index is 119. The molecular weight excluding hydrogens is 211 g/mol. The standard InChI is InChI=1S/C8H19N2O.2ClH/c1-10(4-2-3-9)5-7-11-8-6-10;;/h2-9H2,1H3;2*1H/q+1;;/p-1. The first-order chi connectivity index (χ1) is 5.27. The Kier molecular flexibility index (Phi) is 9.58. The SMILES string of the molecule is C[N+]1(CCCN)CCOCC1.Cl.[Cl-]. The molecule has 1 aliphatic rings. The molecule has 1 fully saturated rings. The minimum atomic E-state index is 0. The smallest absolute Gasteiger partial charge is 0.102 e. The van der Waals surface area contributed by atoms with Crippen LogP contribution < -0.4 is 18.1 Å². The van der Waals surface area contributed by atoms with Gasteiger partial charge in [-0.2, -0.15) is 0 Å². The third-order valence-corrected chi connectivity index (χ3v) is 2.45. The van der Waals surface area contributed by atoms with E-state index in [-0.39, 0.29) is 24.8 Å². The van der Waals surface area contributed by atoms with Gasteiger partial charge in [-0.25, -0.2) is 0 Å². The molecule has 1 rings (SSSR count). The lowest BCUT2D eigenvalue weighted by Crippen LogP contribution is -3.00. The van der Waals surface area contributed by atoms with Gasteiger partial charge in [-0.1, -0.05) is 0 Å². The predicted molar refractivity (Wildman–Crippen MR) is 52.5 cm³/mol. The van der Waals surface area contributed by atoms with Crippen molar-refractivity contribution < 1.29 is 21.6 Å². The monoisotopic (exact) mass is 230 g/mol. The highest BCUT2D eigenvalue weighted by Crippen LogP contribution is 2.07. The summed E-state index contributed by atoms with van der Waals surface area (Å²) in [6, 6.07) is 0. The van der Waals surface area contributed by atoms with Crippen LogP contribution in [-0.4, -0.2) is 50.9 Å². The van der Waals surface area contributed by atoms with Crippen molar-refractivity contribution in [2.45, 2.75) is 6.42 Å². The second kappa shape index (κ2) is 7.83. The molecule has 2 N–H and O–H groups in total. The van der Waals surface area contributed by atoms with Gasteiger partial charge in [-0.15, -0.1) is 12.4 Å². The third kappa shape index (κ3) is 5.70. The van der Waals surface area contributed by atoms with Crippen molar-refractivity contribution in [1.82, 2.24) is 0 Å². The first-order valence-corrected chi connectivity index (χ1v) is 4.38. The molecule has 3 nitrogen and oxygen atoms in total. The molecule has 1 saturated heterocycles. The third-order valence-electron chi connectivity index (χ3n) is 2.45. The molecule has 1 aliphatic heterocycles. The van der Waals surface area contributed by atoms with E-state index in [1.165, 1.54) is 6.54 Å². The van der Waals surface area contributed by atoms with Crippen molar-refractivity contribution in [2.75, 3.05) is 46.4 Å². The molecule has 0 aromatic carbocycles. The van der Waals surface area contributed by atoms with Crippen LogP contribution in [0.1, 0.15) is 6.42 Å². The Morgan fingerprint density at radius 2 is 1.85 bits per heavy atom. The number of halogens is 2. The number of hydrogen-bond donors (Lipinski definition) is 1. The minimum absolute atomic E-state index is 0. The van der Waals surface area contributed by atoms with E-state index in [2.05, 4.69) is 7.05 Å². The Balaban J connectivity index is 0. The van der Waals surface area contributed by atoms with Gasteiger partial charge in [-0.3, -0.25) is 0 Å². The lowest BCUT2D eigenvalue weighted by Gasteiger charge is -2.37. The lowest BCUT2D eigenvalue weighted by molar-refractivity contribution is -0.916. The van der Waals surface area contributed by atoms with E-state index >= 15 is 0 Å². The number of likely N-dealkylation sites (N-methyl/N-ethyl adjacent to an activating group) is 1. The van der Waals surface area contributed by atoms with Gasteiger partial charge < -0.3 is 27.4 Å². The number of hydrogen-bond acceptors (Lipinski definition) is 2. The van der Waals surface area contributed by atoms with Gasteiger partial charge in [0.2, 0.25) is 0 Å². The second-order valence-electron chi connectivity index (χ2n) is 3.54. The number of morpholine rings is 1. The van der Waals surface area contributed by atoms with E-state index in [1.807, 2.05) is 0 Å². The second-order valence-corrected chi connectivity index (χ2v) is 3.54. The molecule has 0 aromatic rings. The van der Waals surface area contributed by atoms with E-state index in [0.29, 0.717) is 0 Å². The van der Waals surface area contributed by atoms with Crippen LogP contribution in [0.2, 0.25) is 0 Å². The number of quaternary nitrogens is 1. The van der Waals surface area contributed by atoms with Crippen LogP contribution in [0, 0.1) is 0 Å². The van der Waals surface area contributed by atoms with Crippen LogP contribution in [0.5, 0.6) is 0 Å². The molecule has 82 valence electrons. The maximum absolute atomic E-state index is 5.46. The summed E-state index contributed by atoms with van der Waals surface area (Å²) in [5, 5.41) is 0. The molecule has 1 heterocycles. The first-order valence-electron chi connectivity index (χ1n) is 4.38. The summed E-state index contributed by atoms with van der Waals surface area (Å²) in [5.74, 6) is 0. The molecule has 0 bridgehead atoms. The van der Waals surface area contributed by atoms with Gasteiger partial charge in [0, 0.05) is 6.42 Å². The van der Waals surface area contributed by atoms with Crippen molar-refractivity contribution in [1.29, 1.82) is 0 Å². The van der Waals surface area contributed by atoms with E-state index in [9.17, 15) is 0 Å². The van der Waals surface area contributed by atoms with Crippen LogP contribution >= 0.6 is 12.4 Å². The molecule has 0 saturated carbocycles. The van der Waals surface area contributed by atoms with Crippen molar-refractivity contribution in [3.05, 3.63) is 0 Å². The number of nitrogens with zero attached hydrogens (tertiary/aromatic N) is 1. The van der Waals surface area contributed by atoms with E-state index in [4.69, 9.17) is 10.5 Å². The zero-order chi connectivity index (χ0) is 8.16. The fourth-order valence-electron chi connectivity index (χ4n) is 1.48. The zero-order valence-electron chi connectivity index (χ0n) is 8.17. The fourth-order valence-corrected chi connectivity index (χ4v) is 1.48. The van der Waals surface area contributed by atoms with Crippen molar-refractivity contribution in [3.63, 3.8) is 0 Å². The van der Waals surface area contributed by atoms with Gasteiger partial charge in [0.25, 0.3) is 0 Å². The van der Waals surface area contributed by atoms with Gasteiger partial charge in [-0.05, 0) is 6.54 Å². The van der Waals surface area contributed by atoms with Gasteiger partial charge in [0.05, 0.1) is 26.8 Å². The molecule has 13 heavy (non-hydrogen) atoms. The highest BCUT2D eigenvalue weighted by Gasteiger charge is 2.23. The van der Waals surface area contributed by atoms with Crippen LogP contribution in [0.15, 0.2) is 0 Å². The first kappa shape index (κ1) is 15.9. The number of ether oxygens (including phenoxy) is 1. The Morgan fingerprint density at radius 3 is 2.31 bits per heavy atom. The maximum Gasteiger partial charge on any atom is 0.102 e. The van der Waals surface area contributed by atoms with Gasteiger partial charge in [0.1, 0.15) is 13.1 Å². The average molecular weight is 231 g/mol. The summed E-state index contributed by atoms with van der Waals surface area (Å²) >= 11 is 0. The minimum Gasteiger partial charge on any atom is -1.00 e.